The molecule has 0 amide bonds. The van der Waals surface area contributed by atoms with Crippen LogP contribution in [0.1, 0.15) is 76.2 Å². The number of nitrogens with zero attached hydrogens (tertiary/aromatic N) is 2. The molecular weight excluding hydrogens is 362 g/mol. The van der Waals surface area contributed by atoms with Gasteiger partial charge in [0.1, 0.15) is 12.2 Å². The van der Waals surface area contributed by atoms with Crippen molar-refractivity contribution in [3.63, 3.8) is 0 Å². The van der Waals surface area contributed by atoms with Gasteiger partial charge in [0, 0.05) is 17.5 Å². The highest BCUT2D eigenvalue weighted by molar-refractivity contribution is 5.75. The van der Waals surface area contributed by atoms with Crippen molar-refractivity contribution in [1.29, 1.82) is 0 Å². The van der Waals surface area contributed by atoms with Crippen LogP contribution in [0, 0.1) is 13.8 Å². The predicted molar refractivity (Wildman–Crippen MR) is 122 cm³/mol. The molecule has 1 aliphatic rings. The van der Waals surface area contributed by atoms with Crippen molar-refractivity contribution in [1.82, 2.24) is 9.38 Å². The quantitative estimate of drug-likeness (QED) is 0.499. The second-order valence-electron chi connectivity index (χ2n) is 6.09. The van der Waals surface area contributed by atoms with Gasteiger partial charge in [0.25, 0.3) is 0 Å². The topological polar surface area (TPSA) is 69.8 Å². The van der Waals surface area contributed by atoms with E-state index >= 15 is 0 Å². The number of fused-ring (bicyclic) bond motifs is 3. The van der Waals surface area contributed by atoms with E-state index in [1.807, 2.05) is 102 Å². The number of hydrogen-bond acceptors (Lipinski definition) is 4. The third-order valence-electron chi connectivity index (χ3n) is 4.74. The molecule has 160 valence electrons. The summed E-state index contributed by atoms with van der Waals surface area (Å²) < 4.78 is 2.01. The molecular formula is C24H37N3O2. The summed E-state index contributed by atoms with van der Waals surface area (Å²) in [7, 11) is 0. The van der Waals surface area contributed by atoms with Crippen LogP contribution in [0.4, 0.5) is 5.69 Å². The molecule has 0 bridgehead atoms. The fraction of sp³-hybridized carbons (Fsp3) is 0.458. The molecule has 4 rings (SSSR count). The van der Waals surface area contributed by atoms with Gasteiger partial charge in [-0.3, -0.25) is 0 Å². The van der Waals surface area contributed by atoms with E-state index in [9.17, 15) is 10.2 Å². The van der Waals surface area contributed by atoms with Crippen molar-refractivity contribution < 1.29 is 10.2 Å². The fourth-order valence-corrected chi connectivity index (χ4v) is 3.30. The van der Waals surface area contributed by atoms with Gasteiger partial charge in [-0.25, -0.2) is 4.98 Å². The molecule has 0 fully saturated rings. The van der Waals surface area contributed by atoms with Gasteiger partial charge in [-0.1, -0.05) is 71.9 Å². The maximum Gasteiger partial charge on any atom is 0.161 e. The Labute approximate surface area is 175 Å². The minimum Gasteiger partial charge on any atom is -0.388 e. The molecule has 1 aliphatic heterocycles. The van der Waals surface area contributed by atoms with Crippen molar-refractivity contribution >= 4 is 11.3 Å². The third-order valence-corrected chi connectivity index (χ3v) is 4.74. The standard InChI is InChI=1S/C18H19N3O2.3C2H6/c1-10-11(2)21-9-8-13-15(18(21)19-10)20-14(17(23)16(13)22)12-6-4-3-5-7-12;3*1-2/h3-9,14,16-17,20,22-23H,1-2H3;3*1-2H3/t14-,16-,17-;;;/m1.../s1. The van der Waals surface area contributed by atoms with E-state index in [-0.39, 0.29) is 6.04 Å². The summed E-state index contributed by atoms with van der Waals surface area (Å²) in [6.45, 7) is 16.0. The first-order valence-electron chi connectivity index (χ1n) is 10.7. The highest BCUT2D eigenvalue weighted by atomic mass is 16.3. The minimum absolute atomic E-state index is 0.373. The van der Waals surface area contributed by atoms with Gasteiger partial charge >= 0.3 is 0 Å². The molecule has 0 saturated carbocycles. The van der Waals surface area contributed by atoms with Crippen molar-refractivity contribution in [2.24, 2.45) is 0 Å². The van der Waals surface area contributed by atoms with Crippen LogP contribution in [0.5, 0.6) is 0 Å². The molecule has 5 nitrogen and oxygen atoms in total. The van der Waals surface area contributed by atoms with E-state index in [0.29, 0.717) is 5.56 Å². The number of aromatic nitrogens is 2. The summed E-state index contributed by atoms with van der Waals surface area (Å²) >= 11 is 0. The van der Waals surface area contributed by atoms with Crippen LogP contribution in [-0.4, -0.2) is 25.7 Å². The van der Waals surface area contributed by atoms with Gasteiger partial charge in [0.15, 0.2) is 5.65 Å². The van der Waals surface area contributed by atoms with Gasteiger partial charge in [-0.15, -0.1) is 0 Å². The summed E-state index contributed by atoms with van der Waals surface area (Å²) in [5.74, 6) is 0. The number of rotatable bonds is 1. The summed E-state index contributed by atoms with van der Waals surface area (Å²) in [6, 6.07) is 11.1. The second kappa shape index (κ2) is 11.6. The van der Waals surface area contributed by atoms with Gasteiger partial charge in [0.2, 0.25) is 0 Å². The molecule has 3 atom stereocenters. The van der Waals surface area contributed by atoms with Gasteiger partial charge in [0.05, 0.1) is 17.4 Å². The molecule has 0 unspecified atom stereocenters. The Kier molecular flexibility index (Phi) is 9.86. The zero-order valence-corrected chi connectivity index (χ0v) is 19.1. The molecule has 3 aromatic rings. The Hall–Kier alpha value is -2.37. The maximum atomic E-state index is 10.6. The molecule has 5 heteroatoms. The molecule has 3 N–H and O–H groups in total. The normalized spacial score (nSPS) is 19.3. The molecule has 29 heavy (non-hydrogen) atoms. The lowest BCUT2D eigenvalue weighted by Crippen LogP contribution is -2.36. The number of anilines is 1. The molecule has 0 spiro atoms. The zero-order chi connectivity index (χ0) is 22.1. The van der Waals surface area contributed by atoms with Crippen molar-refractivity contribution in [2.75, 3.05) is 5.32 Å². The van der Waals surface area contributed by atoms with Crippen LogP contribution < -0.4 is 5.32 Å². The van der Waals surface area contributed by atoms with Gasteiger partial charge in [-0.2, -0.15) is 0 Å². The Balaban J connectivity index is 0.000000644. The predicted octanol–water partition coefficient (Wildman–Crippen LogP) is 5.59. The van der Waals surface area contributed by atoms with Gasteiger partial charge in [-0.05, 0) is 25.5 Å². The molecule has 1 aromatic carbocycles. The Bertz CT molecular complexity index is 875. The number of aliphatic hydroxyl groups excluding tert-OH is 2. The van der Waals surface area contributed by atoms with Crippen LogP contribution in [0.15, 0.2) is 42.6 Å². The summed E-state index contributed by atoms with van der Waals surface area (Å²) in [5, 5.41) is 24.5. The van der Waals surface area contributed by atoms with E-state index < -0.39 is 12.2 Å². The average Bonchev–Trinajstić information content (AvgIpc) is 3.09. The Morgan fingerprint density at radius 1 is 0.897 bits per heavy atom. The van der Waals surface area contributed by atoms with Crippen LogP contribution >= 0.6 is 0 Å². The lowest BCUT2D eigenvalue weighted by Gasteiger charge is -2.35. The van der Waals surface area contributed by atoms with E-state index in [0.717, 1.165) is 28.3 Å². The zero-order valence-electron chi connectivity index (χ0n) is 19.1. The van der Waals surface area contributed by atoms with Crippen molar-refractivity contribution in [3.05, 3.63) is 65.1 Å². The monoisotopic (exact) mass is 399 g/mol. The van der Waals surface area contributed by atoms with Crippen molar-refractivity contribution in [2.45, 2.75) is 73.6 Å². The van der Waals surface area contributed by atoms with Crippen LogP contribution in [-0.2, 0) is 0 Å². The van der Waals surface area contributed by atoms with Crippen LogP contribution in [0.3, 0.4) is 0 Å². The first-order valence-corrected chi connectivity index (χ1v) is 10.7. The average molecular weight is 400 g/mol. The highest BCUT2D eigenvalue weighted by Gasteiger charge is 2.36. The highest BCUT2D eigenvalue weighted by Crippen LogP contribution is 2.41. The number of benzene rings is 1. The minimum atomic E-state index is -0.946. The maximum absolute atomic E-state index is 10.6. The molecule has 3 heterocycles. The molecule has 0 radical (unpaired) electrons. The van der Waals surface area contributed by atoms with Crippen LogP contribution in [0.25, 0.3) is 5.65 Å². The smallest absolute Gasteiger partial charge is 0.161 e. The van der Waals surface area contributed by atoms with E-state index in [1.165, 1.54) is 0 Å². The Morgan fingerprint density at radius 2 is 1.48 bits per heavy atom. The fourth-order valence-electron chi connectivity index (χ4n) is 3.30. The van der Waals surface area contributed by atoms with E-state index in [2.05, 4.69) is 10.3 Å². The first-order chi connectivity index (χ1) is 14.1. The molecule has 0 saturated heterocycles. The SMILES string of the molecule is CC.CC.CC.Cc1nc2c3c(ccn2c1C)[C@@H](O)[C@H](O)[C@@H](c1ccccc1)N3. The van der Waals surface area contributed by atoms with Crippen molar-refractivity contribution in [3.8, 4) is 0 Å². The van der Waals surface area contributed by atoms with Gasteiger partial charge < -0.3 is 19.9 Å². The summed E-state index contributed by atoms with van der Waals surface area (Å²) in [4.78, 5) is 4.62. The molecule has 0 aliphatic carbocycles. The summed E-state index contributed by atoms with van der Waals surface area (Å²) in [6.07, 6.45) is 0.0347. The first kappa shape index (κ1) is 24.7. The molecule has 2 aromatic heterocycles. The lowest BCUT2D eigenvalue weighted by molar-refractivity contribution is 0.00198. The number of aliphatic hydroxyl groups is 2. The number of pyridine rings is 1. The summed E-state index contributed by atoms with van der Waals surface area (Å²) in [5.41, 5.74) is 5.21. The number of nitrogens with one attached hydrogen (secondary N) is 1. The third kappa shape index (κ3) is 4.80. The Morgan fingerprint density at radius 3 is 2.07 bits per heavy atom. The number of aryl methyl sites for hydroxylation is 2. The largest absolute Gasteiger partial charge is 0.388 e. The number of imidazole rings is 1. The second-order valence-corrected chi connectivity index (χ2v) is 6.09. The van der Waals surface area contributed by atoms with Crippen LogP contribution in [0.2, 0.25) is 0 Å². The lowest BCUT2D eigenvalue weighted by atomic mass is 9.89. The van der Waals surface area contributed by atoms with E-state index in [1.54, 1.807) is 0 Å². The number of hydrogen-bond donors (Lipinski definition) is 3. The van der Waals surface area contributed by atoms with E-state index in [4.69, 9.17) is 0 Å².